The Morgan fingerprint density at radius 3 is 2.59 bits per heavy atom. The van der Waals surface area contributed by atoms with Gasteiger partial charge in [0.2, 0.25) is 0 Å². The van der Waals surface area contributed by atoms with Gasteiger partial charge in [-0.25, -0.2) is 9.97 Å². The molecule has 4 rings (SSSR count). The van der Waals surface area contributed by atoms with Crippen LogP contribution in [0, 0.1) is 10.1 Å². The Morgan fingerprint density at radius 1 is 1.07 bits per heavy atom. The molecule has 1 N–H and O–H groups in total. The molecule has 0 bridgehead atoms. The molecule has 0 radical (unpaired) electrons. The largest absolute Gasteiger partial charge is 0.495 e. The quantitative estimate of drug-likeness (QED) is 0.375. The highest BCUT2D eigenvalue weighted by atomic mass is 16.6. The molecule has 0 unspecified atom stereocenters. The number of anilines is 2. The van der Waals surface area contributed by atoms with Gasteiger partial charge in [-0.3, -0.25) is 10.1 Å². The van der Waals surface area contributed by atoms with Gasteiger partial charge in [0.1, 0.15) is 23.7 Å². The molecule has 0 saturated carbocycles. The average molecular weight is 392 g/mol. The fourth-order valence-corrected chi connectivity index (χ4v) is 3.01. The molecular formula is C20H16N4O5. The van der Waals surface area contributed by atoms with E-state index in [-0.39, 0.29) is 11.4 Å². The third kappa shape index (κ3) is 3.41. The molecule has 0 fully saturated rings. The molecule has 2 heterocycles. The molecule has 0 aliphatic rings. The number of hydrogen-bond donors (Lipinski definition) is 1. The molecule has 0 aliphatic heterocycles. The zero-order chi connectivity index (χ0) is 20.4. The zero-order valence-electron chi connectivity index (χ0n) is 15.6. The van der Waals surface area contributed by atoms with Crippen molar-refractivity contribution in [1.29, 1.82) is 0 Å². The van der Waals surface area contributed by atoms with Gasteiger partial charge in [-0.05, 0) is 30.3 Å². The van der Waals surface area contributed by atoms with Crippen molar-refractivity contribution in [2.45, 2.75) is 0 Å². The van der Waals surface area contributed by atoms with Gasteiger partial charge in [0, 0.05) is 17.7 Å². The monoisotopic (exact) mass is 392 g/mol. The van der Waals surface area contributed by atoms with E-state index in [1.807, 2.05) is 18.2 Å². The van der Waals surface area contributed by atoms with E-state index >= 15 is 0 Å². The molecule has 0 amide bonds. The van der Waals surface area contributed by atoms with E-state index in [0.29, 0.717) is 33.9 Å². The normalized spacial score (nSPS) is 10.7. The molecular weight excluding hydrogens is 376 g/mol. The van der Waals surface area contributed by atoms with E-state index in [2.05, 4.69) is 15.3 Å². The van der Waals surface area contributed by atoms with E-state index < -0.39 is 4.92 Å². The maximum atomic E-state index is 11.4. The predicted molar refractivity (Wildman–Crippen MR) is 107 cm³/mol. The van der Waals surface area contributed by atoms with Crippen molar-refractivity contribution in [3.05, 3.63) is 65.2 Å². The highest BCUT2D eigenvalue weighted by Gasteiger charge is 2.19. The van der Waals surface area contributed by atoms with Crippen LogP contribution in [-0.4, -0.2) is 29.1 Å². The van der Waals surface area contributed by atoms with Crippen molar-refractivity contribution < 1.29 is 18.8 Å². The van der Waals surface area contributed by atoms with Gasteiger partial charge in [0.25, 0.3) is 0 Å². The lowest BCUT2D eigenvalue weighted by atomic mass is 10.1. The number of nitro groups is 1. The van der Waals surface area contributed by atoms with Gasteiger partial charge in [0.15, 0.2) is 5.75 Å². The van der Waals surface area contributed by atoms with Crippen molar-refractivity contribution in [2.24, 2.45) is 0 Å². The number of nitrogens with one attached hydrogen (secondary N) is 1. The second-order valence-electron chi connectivity index (χ2n) is 6.04. The minimum atomic E-state index is -0.507. The standard InChI is InChI=1S/C20H16N4O5/c1-27-18-6-5-12(17-4-3-7-29-17)8-15(18)23-20-13-9-16(24(25)26)19(28-2)10-14(13)21-11-22-20/h3-11H,1-2H3,(H,21,22,23). The Labute approximate surface area is 165 Å². The van der Waals surface area contributed by atoms with E-state index in [1.54, 1.807) is 25.5 Å². The zero-order valence-corrected chi connectivity index (χ0v) is 15.6. The highest BCUT2D eigenvalue weighted by Crippen LogP contribution is 2.37. The number of hydrogen-bond acceptors (Lipinski definition) is 8. The van der Waals surface area contributed by atoms with Crippen LogP contribution in [-0.2, 0) is 0 Å². The van der Waals surface area contributed by atoms with Crippen LogP contribution in [0.2, 0.25) is 0 Å². The topological polar surface area (TPSA) is 113 Å². The minimum absolute atomic E-state index is 0.129. The van der Waals surface area contributed by atoms with Crippen LogP contribution in [0.5, 0.6) is 11.5 Å². The van der Waals surface area contributed by atoms with Gasteiger partial charge in [0.05, 0.1) is 42.0 Å². The van der Waals surface area contributed by atoms with Gasteiger partial charge in [-0.1, -0.05) is 0 Å². The summed E-state index contributed by atoms with van der Waals surface area (Å²) in [5.41, 5.74) is 1.80. The van der Waals surface area contributed by atoms with E-state index in [9.17, 15) is 10.1 Å². The molecule has 0 saturated heterocycles. The van der Waals surface area contributed by atoms with Gasteiger partial charge < -0.3 is 19.2 Å². The van der Waals surface area contributed by atoms with Crippen molar-refractivity contribution >= 4 is 28.1 Å². The van der Waals surface area contributed by atoms with Crippen LogP contribution < -0.4 is 14.8 Å². The summed E-state index contributed by atoms with van der Waals surface area (Å²) >= 11 is 0. The van der Waals surface area contributed by atoms with Crippen LogP contribution in [0.4, 0.5) is 17.2 Å². The fraction of sp³-hybridized carbons (Fsp3) is 0.100. The number of nitro benzene ring substituents is 1. The first-order valence-electron chi connectivity index (χ1n) is 8.57. The Morgan fingerprint density at radius 2 is 1.90 bits per heavy atom. The van der Waals surface area contributed by atoms with Crippen LogP contribution in [0.25, 0.3) is 22.2 Å². The number of methoxy groups -OCH3 is 2. The number of nitrogens with zero attached hydrogens (tertiary/aromatic N) is 3. The first-order chi connectivity index (χ1) is 14.1. The fourth-order valence-electron chi connectivity index (χ4n) is 3.01. The molecule has 0 spiro atoms. The van der Waals surface area contributed by atoms with Crippen LogP contribution in [0.15, 0.2) is 59.5 Å². The third-order valence-corrected chi connectivity index (χ3v) is 4.39. The lowest BCUT2D eigenvalue weighted by molar-refractivity contribution is -0.385. The van der Waals surface area contributed by atoms with Gasteiger partial charge in [-0.2, -0.15) is 0 Å². The van der Waals surface area contributed by atoms with Crippen LogP contribution >= 0.6 is 0 Å². The first kappa shape index (κ1) is 18.2. The molecule has 9 heteroatoms. The molecule has 2 aromatic heterocycles. The smallest absolute Gasteiger partial charge is 0.311 e. The maximum Gasteiger partial charge on any atom is 0.311 e. The lowest BCUT2D eigenvalue weighted by Gasteiger charge is -2.13. The predicted octanol–water partition coefficient (Wildman–Crippen LogP) is 4.56. The number of aromatic nitrogens is 2. The highest BCUT2D eigenvalue weighted by molar-refractivity contribution is 5.94. The maximum absolute atomic E-state index is 11.4. The number of fused-ring (bicyclic) bond motifs is 1. The number of ether oxygens (including phenoxy) is 2. The van der Waals surface area contributed by atoms with Crippen LogP contribution in [0.3, 0.4) is 0 Å². The summed E-state index contributed by atoms with van der Waals surface area (Å²) in [6.45, 7) is 0. The summed E-state index contributed by atoms with van der Waals surface area (Å²) in [5, 5.41) is 15.1. The Bertz CT molecular complexity index is 1190. The van der Waals surface area contributed by atoms with Crippen molar-refractivity contribution in [1.82, 2.24) is 9.97 Å². The SMILES string of the molecule is COc1ccc(-c2ccco2)cc1Nc1ncnc2cc(OC)c([N+](=O)[O-])cc12. The van der Waals surface area contributed by atoms with Crippen molar-refractivity contribution in [2.75, 3.05) is 19.5 Å². The summed E-state index contributed by atoms with van der Waals surface area (Å²) in [6, 6.07) is 12.1. The number of benzene rings is 2. The Kier molecular flexibility index (Phi) is 4.70. The second-order valence-corrected chi connectivity index (χ2v) is 6.04. The first-order valence-corrected chi connectivity index (χ1v) is 8.57. The molecule has 4 aromatic rings. The van der Waals surface area contributed by atoms with E-state index in [0.717, 1.165) is 5.56 Å². The summed E-state index contributed by atoms with van der Waals surface area (Å²) in [5.74, 6) is 1.80. The minimum Gasteiger partial charge on any atom is -0.495 e. The number of furan rings is 1. The number of rotatable bonds is 6. The summed E-state index contributed by atoms with van der Waals surface area (Å²) in [6.07, 6.45) is 2.97. The molecule has 146 valence electrons. The third-order valence-electron chi connectivity index (χ3n) is 4.39. The lowest BCUT2D eigenvalue weighted by Crippen LogP contribution is -2.00. The molecule has 29 heavy (non-hydrogen) atoms. The summed E-state index contributed by atoms with van der Waals surface area (Å²) in [4.78, 5) is 19.4. The van der Waals surface area contributed by atoms with Crippen molar-refractivity contribution in [3.8, 4) is 22.8 Å². The van der Waals surface area contributed by atoms with E-state index in [4.69, 9.17) is 13.9 Å². The van der Waals surface area contributed by atoms with Crippen molar-refractivity contribution in [3.63, 3.8) is 0 Å². The molecule has 0 atom stereocenters. The summed E-state index contributed by atoms with van der Waals surface area (Å²) in [7, 11) is 2.93. The molecule has 0 aliphatic carbocycles. The Balaban J connectivity index is 1.83. The van der Waals surface area contributed by atoms with E-state index in [1.165, 1.54) is 25.6 Å². The van der Waals surface area contributed by atoms with Gasteiger partial charge >= 0.3 is 5.69 Å². The molecule has 2 aromatic carbocycles. The molecule has 9 nitrogen and oxygen atoms in total. The average Bonchev–Trinajstić information content (AvgIpc) is 3.28. The Hall–Kier alpha value is -4.14. The van der Waals surface area contributed by atoms with Crippen LogP contribution in [0.1, 0.15) is 0 Å². The second kappa shape index (κ2) is 7.47. The summed E-state index contributed by atoms with van der Waals surface area (Å²) < 4.78 is 16.0. The van der Waals surface area contributed by atoms with Gasteiger partial charge in [-0.15, -0.1) is 0 Å².